The van der Waals surface area contributed by atoms with Crippen LogP contribution < -0.4 is 0 Å². The van der Waals surface area contributed by atoms with Crippen LogP contribution >= 0.6 is 56.7 Å². The Hall–Kier alpha value is -5.40. The Morgan fingerprint density at radius 2 is 0.727 bits per heavy atom. The number of hydrogen-bond acceptors (Lipinski definition) is 5. The number of rotatable bonds is 3. The summed E-state index contributed by atoms with van der Waals surface area (Å²) in [5.74, 6) is 0. The molecule has 11 aromatic rings. The third-order valence-corrected chi connectivity index (χ3v) is 13.2. The fraction of sp³-hybridized carbons (Fsp3) is 0. The highest BCUT2D eigenvalue weighted by Gasteiger charge is 2.04. The lowest BCUT2D eigenvalue weighted by atomic mass is 10.2. The molecule has 55 heavy (non-hydrogen) atoms. The van der Waals surface area contributed by atoms with Gasteiger partial charge >= 0.3 is 0 Å². The second-order valence-corrected chi connectivity index (χ2v) is 17.0. The molecule has 0 aliphatic rings. The molecule has 0 fully saturated rings. The average Bonchev–Trinajstić information content (AvgIpc) is 4.12. The van der Waals surface area contributed by atoms with Gasteiger partial charge in [0.15, 0.2) is 0 Å². The SMILES string of the molecule is c1ccc(-c2ccc(-c3ccccc3)s2)cc1.c1ccc(-c2cccs2)cc1.c1ccc2c(c1)sc1ccccc12.c1ccc2sccc2c1.c1ccsc1. The van der Waals surface area contributed by atoms with E-state index < -0.39 is 0 Å². The molecule has 0 amide bonds. The molecule has 11 rings (SSSR count). The summed E-state index contributed by atoms with van der Waals surface area (Å²) in [4.78, 5) is 3.99. The molecule has 0 saturated heterocycles. The molecule has 0 N–H and O–H groups in total. The molecule has 0 aliphatic heterocycles. The van der Waals surface area contributed by atoms with Gasteiger partial charge in [0.1, 0.15) is 0 Å². The van der Waals surface area contributed by atoms with Gasteiger partial charge in [-0.15, -0.1) is 45.3 Å². The van der Waals surface area contributed by atoms with Crippen molar-refractivity contribution in [3.8, 4) is 31.3 Å². The van der Waals surface area contributed by atoms with Gasteiger partial charge < -0.3 is 0 Å². The number of thiophene rings is 5. The summed E-state index contributed by atoms with van der Waals surface area (Å²) >= 11 is 8.98. The maximum Gasteiger partial charge on any atom is 0.0355 e. The van der Waals surface area contributed by atoms with Crippen molar-refractivity contribution in [1.29, 1.82) is 0 Å². The Balaban J connectivity index is 0.000000110. The molecule has 6 aromatic carbocycles. The lowest BCUT2D eigenvalue weighted by Gasteiger charge is -1.96. The van der Waals surface area contributed by atoms with Gasteiger partial charge in [-0.2, -0.15) is 11.3 Å². The van der Waals surface area contributed by atoms with Crippen LogP contribution in [-0.2, 0) is 0 Å². The Morgan fingerprint density at radius 3 is 1.20 bits per heavy atom. The van der Waals surface area contributed by atoms with E-state index in [1.807, 2.05) is 51.6 Å². The van der Waals surface area contributed by atoms with E-state index in [4.69, 9.17) is 0 Å². The molecule has 0 bridgehead atoms. The third kappa shape index (κ3) is 10.9. The Kier molecular flexibility index (Phi) is 14.0. The van der Waals surface area contributed by atoms with Crippen molar-refractivity contribution < 1.29 is 0 Å². The van der Waals surface area contributed by atoms with Crippen LogP contribution in [0.4, 0.5) is 0 Å². The van der Waals surface area contributed by atoms with E-state index in [-0.39, 0.29) is 0 Å². The number of benzene rings is 6. The van der Waals surface area contributed by atoms with Gasteiger partial charge in [0.2, 0.25) is 0 Å². The zero-order valence-electron chi connectivity index (χ0n) is 30.0. The Labute approximate surface area is 343 Å². The minimum atomic E-state index is 1.29. The van der Waals surface area contributed by atoms with Crippen molar-refractivity contribution in [2.24, 2.45) is 0 Å². The molecular formula is C50H38S5. The highest BCUT2D eigenvalue weighted by Crippen LogP contribution is 2.34. The normalized spacial score (nSPS) is 10.2. The standard InChI is InChI=1S/C16H12S.C12H8S.C10H8S.C8H6S.C4H4S/c1-3-7-13(8-4-1)15-11-12-16(17-15)14-9-5-2-6-10-14;1-3-7-11-9(5-1)10-6-2-4-8-12(10)13-11;1-2-5-9(6-3-1)10-7-4-8-11-10;1-2-4-8-7(3-1)5-6-9-8;1-2-4-5-3-1/h1-12H;1-8H;1-8H;1-6H;1-4H. The summed E-state index contributed by atoms with van der Waals surface area (Å²) in [5.41, 5.74) is 3.89. The smallest absolute Gasteiger partial charge is 0.0355 e. The van der Waals surface area contributed by atoms with Gasteiger partial charge in [-0.25, -0.2) is 0 Å². The zero-order chi connectivity index (χ0) is 37.3. The van der Waals surface area contributed by atoms with Crippen LogP contribution in [0.15, 0.2) is 228 Å². The van der Waals surface area contributed by atoms with E-state index in [2.05, 4.69) is 199 Å². The number of hydrogen-bond donors (Lipinski definition) is 0. The van der Waals surface area contributed by atoms with Gasteiger partial charge in [-0.3, -0.25) is 0 Å². The second-order valence-electron chi connectivity index (χ2n) is 12.1. The molecule has 0 nitrogen and oxygen atoms in total. The van der Waals surface area contributed by atoms with Gasteiger partial charge in [0.25, 0.3) is 0 Å². The van der Waals surface area contributed by atoms with E-state index in [9.17, 15) is 0 Å². The van der Waals surface area contributed by atoms with Crippen molar-refractivity contribution in [2.75, 3.05) is 0 Å². The predicted molar refractivity (Wildman–Crippen MR) is 250 cm³/mol. The first kappa shape index (κ1) is 37.9. The van der Waals surface area contributed by atoms with Crippen LogP contribution in [0.25, 0.3) is 61.6 Å². The fourth-order valence-corrected chi connectivity index (χ4v) is 9.81. The lowest BCUT2D eigenvalue weighted by Crippen LogP contribution is -1.68. The van der Waals surface area contributed by atoms with Crippen LogP contribution in [0.2, 0.25) is 0 Å². The average molecular weight is 799 g/mol. The fourth-order valence-electron chi connectivity index (χ4n) is 5.71. The molecule has 268 valence electrons. The third-order valence-electron chi connectivity index (χ3n) is 8.37. The van der Waals surface area contributed by atoms with Crippen LogP contribution in [0, 0.1) is 0 Å². The molecule has 5 heterocycles. The Bertz CT molecular complexity index is 2530. The lowest BCUT2D eigenvalue weighted by molar-refractivity contribution is 1.69. The maximum atomic E-state index is 2.20. The molecule has 0 unspecified atom stereocenters. The molecule has 5 heteroatoms. The van der Waals surface area contributed by atoms with Gasteiger partial charge in [-0.1, -0.05) is 164 Å². The monoisotopic (exact) mass is 798 g/mol. The Morgan fingerprint density at radius 1 is 0.255 bits per heavy atom. The van der Waals surface area contributed by atoms with Gasteiger partial charge in [0.05, 0.1) is 0 Å². The summed E-state index contributed by atoms with van der Waals surface area (Å²) in [7, 11) is 0. The molecule has 0 radical (unpaired) electrons. The molecule has 5 aromatic heterocycles. The summed E-state index contributed by atoms with van der Waals surface area (Å²) in [6.07, 6.45) is 0. The van der Waals surface area contributed by atoms with Crippen molar-refractivity contribution >= 4 is 86.9 Å². The minimum Gasteiger partial charge on any atom is -0.152 e. The van der Waals surface area contributed by atoms with Crippen LogP contribution in [-0.4, -0.2) is 0 Å². The zero-order valence-corrected chi connectivity index (χ0v) is 34.1. The molecule has 0 aliphatic carbocycles. The van der Waals surface area contributed by atoms with Crippen LogP contribution in [0.3, 0.4) is 0 Å². The maximum absolute atomic E-state index is 2.20. The predicted octanol–water partition coefficient (Wildman–Crippen LogP) is 17.2. The minimum absolute atomic E-state index is 1.29. The van der Waals surface area contributed by atoms with E-state index in [1.54, 1.807) is 34.0 Å². The summed E-state index contributed by atoms with van der Waals surface area (Å²) in [5, 5.41) is 12.4. The quantitative estimate of drug-likeness (QED) is 0.167. The summed E-state index contributed by atoms with van der Waals surface area (Å²) in [6, 6.07) is 71.8. The second kappa shape index (κ2) is 20.3. The molecule has 0 saturated carbocycles. The van der Waals surface area contributed by atoms with Crippen molar-refractivity contribution in [3.63, 3.8) is 0 Å². The van der Waals surface area contributed by atoms with E-state index in [0.717, 1.165) is 0 Å². The number of fused-ring (bicyclic) bond motifs is 4. The first-order valence-corrected chi connectivity index (χ1v) is 22.2. The van der Waals surface area contributed by atoms with Gasteiger partial charge in [0, 0.05) is 39.5 Å². The molecule has 0 atom stereocenters. The summed E-state index contributed by atoms with van der Waals surface area (Å²) < 4.78 is 4.13. The van der Waals surface area contributed by atoms with Crippen molar-refractivity contribution in [3.05, 3.63) is 228 Å². The van der Waals surface area contributed by atoms with Crippen molar-refractivity contribution in [1.82, 2.24) is 0 Å². The molecular weight excluding hydrogens is 761 g/mol. The summed E-state index contributed by atoms with van der Waals surface area (Å²) in [6.45, 7) is 0. The van der Waals surface area contributed by atoms with E-state index in [1.165, 1.54) is 61.6 Å². The highest BCUT2D eigenvalue weighted by atomic mass is 32.1. The van der Waals surface area contributed by atoms with E-state index in [0.29, 0.717) is 0 Å². The highest BCUT2D eigenvalue weighted by molar-refractivity contribution is 7.25. The molecule has 0 spiro atoms. The van der Waals surface area contributed by atoms with E-state index >= 15 is 0 Å². The first-order valence-electron chi connectivity index (χ1n) is 17.9. The van der Waals surface area contributed by atoms with Crippen molar-refractivity contribution in [2.45, 2.75) is 0 Å². The van der Waals surface area contributed by atoms with Gasteiger partial charge in [-0.05, 0) is 86.1 Å². The van der Waals surface area contributed by atoms with Crippen LogP contribution in [0.1, 0.15) is 0 Å². The van der Waals surface area contributed by atoms with Crippen LogP contribution in [0.5, 0.6) is 0 Å². The first-order chi connectivity index (χ1) is 27.3. The topological polar surface area (TPSA) is 0 Å². The largest absolute Gasteiger partial charge is 0.152 e.